The molecule has 0 atom stereocenters. The first-order valence-electron chi connectivity index (χ1n) is 5.26. The minimum atomic E-state index is -0.368. The van der Waals surface area contributed by atoms with E-state index in [1.54, 1.807) is 13.0 Å². The zero-order valence-electron chi connectivity index (χ0n) is 10.2. The minimum absolute atomic E-state index is 0.338. The molecule has 19 heavy (non-hydrogen) atoms. The van der Waals surface area contributed by atoms with E-state index in [4.69, 9.17) is 9.26 Å². The van der Waals surface area contributed by atoms with E-state index in [1.807, 2.05) is 0 Å². The number of carbonyl (C=O) groups excluding carboxylic acids is 1. The van der Waals surface area contributed by atoms with E-state index >= 15 is 0 Å². The topological polar surface area (TPSA) is 89.3 Å². The van der Waals surface area contributed by atoms with Gasteiger partial charge in [0.05, 0.1) is 23.0 Å². The zero-order chi connectivity index (χ0) is 13.8. The Hall–Kier alpha value is -1.61. The van der Waals surface area contributed by atoms with Crippen LogP contribution in [-0.2, 0) is 6.54 Å². The highest BCUT2D eigenvalue weighted by atomic mass is 79.9. The van der Waals surface area contributed by atoms with Crippen molar-refractivity contribution in [2.24, 2.45) is 0 Å². The van der Waals surface area contributed by atoms with Crippen LogP contribution in [0.5, 0.6) is 5.88 Å². The van der Waals surface area contributed by atoms with Gasteiger partial charge in [-0.15, -0.1) is 0 Å². The van der Waals surface area contributed by atoms with Crippen LogP contribution in [0.25, 0.3) is 0 Å². The average molecular weight is 347 g/mol. The molecule has 2 aromatic rings. The Morgan fingerprint density at radius 3 is 3.00 bits per heavy atom. The molecule has 0 bridgehead atoms. The lowest BCUT2D eigenvalue weighted by Crippen LogP contribution is -2.28. The van der Waals surface area contributed by atoms with Crippen LogP contribution in [0.1, 0.15) is 10.6 Å². The van der Waals surface area contributed by atoms with Gasteiger partial charge in [-0.05, 0) is 34.4 Å². The number of nitrogens with zero attached hydrogens (tertiary/aromatic N) is 2. The SMILES string of the molecule is COc1nsc(CNC(=O)Nc2cc(C)on2)c1Br. The molecule has 0 aliphatic carbocycles. The average Bonchev–Trinajstić information content (AvgIpc) is 2.93. The van der Waals surface area contributed by atoms with E-state index in [0.717, 1.165) is 9.35 Å². The maximum Gasteiger partial charge on any atom is 0.320 e. The standard InChI is InChI=1S/C10H11BrN4O3S/c1-5-3-7(14-18-5)13-10(16)12-4-6-8(11)9(17-2)15-19-6/h3H,4H2,1-2H3,(H2,12,13,14,16). The minimum Gasteiger partial charge on any atom is -0.480 e. The molecule has 9 heteroatoms. The van der Waals surface area contributed by atoms with Gasteiger partial charge in [-0.25, -0.2) is 4.79 Å². The highest BCUT2D eigenvalue weighted by Gasteiger charge is 2.13. The predicted octanol–water partition coefficient (Wildman–Crippen LogP) is 2.53. The fourth-order valence-corrected chi connectivity index (χ4v) is 2.67. The molecule has 2 heterocycles. The monoisotopic (exact) mass is 346 g/mol. The van der Waals surface area contributed by atoms with Gasteiger partial charge in [-0.3, -0.25) is 5.32 Å². The first kappa shape index (κ1) is 13.8. The van der Waals surface area contributed by atoms with E-state index < -0.39 is 0 Å². The molecule has 0 aliphatic rings. The lowest BCUT2D eigenvalue weighted by atomic mass is 10.4. The van der Waals surface area contributed by atoms with Crippen LogP contribution in [0.3, 0.4) is 0 Å². The van der Waals surface area contributed by atoms with E-state index in [-0.39, 0.29) is 6.03 Å². The Bertz CT molecular complexity index is 583. The van der Waals surface area contributed by atoms with Crippen LogP contribution >= 0.6 is 27.5 Å². The summed E-state index contributed by atoms with van der Waals surface area (Å²) < 4.78 is 14.7. The third kappa shape index (κ3) is 3.44. The molecule has 0 aromatic carbocycles. The molecule has 0 radical (unpaired) electrons. The van der Waals surface area contributed by atoms with Crippen LogP contribution < -0.4 is 15.4 Å². The molecule has 0 spiro atoms. The molecule has 102 valence electrons. The Morgan fingerprint density at radius 1 is 1.63 bits per heavy atom. The van der Waals surface area contributed by atoms with Gasteiger partial charge in [0.25, 0.3) is 0 Å². The van der Waals surface area contributed by atoms with Crippen LogP contribution in [0, 0.1) is 6.92 Å². The number of methoxy groups -OCH3 is 1. The summed E-state index contributed by atoms with van der Waals surface area (Å²) in [6.45, 7) is 2.08. The van der Waals surface area contributed by atoms with Crippen LogP contribution in [0.15, 0.2) is 15.1 Å². The van der Waals surface area contributed by atoms with Crippen molar-refractivity contribution in [3.63, 3.8) is 0 Å². The highest BCUT2D eigenvalue weighted by Crippen LogP contribution is 2.30. The summed E-state index contributed by atoms with van der Waals surface area (Å²) in [7, 11) is 1.54. The summed E-state index contributed by atoms with van der Waals surface area (Å²) in [6, 6.07) is 1.26. The number of rotatable bonds is 4. The molecule has 2 amide bonds. The quantitative estimate of drug-likeness (QED) is 0.887. The lowest BCUT2D eigenvalue weighted by molar-refractivity contribution is 0.251. The fourth-order valence-electron chi connectivity index (χ4n) is 1.28. The number of amides is 2. The number of nitrogens with one attached hydrogen (secondary N) is 2. The number of hydrogen-bond acceptors (Lipinski definition) is 6. The molecule has 0 saturated heterocycles. The van der Waals surface area contributed by atoms with Crippen molar-refractivity contribution in [2.45, 2.75) is 13.5 Å². The van der Waals surface area contributed by atoms with Crippen molar-refractivity contribution < 1.29 is 14.1 Å². The van der Waals surface area contributed by atoms with Gasteiger partial charge in [-0.1, -0.05) is 5.16 Å². The molecular weight excluding hydrogens is 336 g/mol. The summed E-state index contributed by atoms with van der Waals surface area (Å²) in [5.41, 5.74) is 0. The van der Waals surface area contributed by atoms with E-state index in [2.05, 4.69) is 36.1 Å². The van der Waals surface area contributed by atoms with E-state index in [1.165, 1.54) is 18.6 Å². The number of aryl methyl sites for hydroxylation is 1. The van der Waals surface area contributed by atoms with Crippen molar-refractivity contribution >= 4 is 39.3 Å². The predicted molar refractivity (Wildman–Crippen MR) is 73.5 cm³/mol. The van der Waals surface area contributed by atoms with Gasteiger partial charge in [0.15, 0.2) is 5.82 Å². The number of hydrogen-bond donors (Lipinski definition) is 2. The van der Waals surface area contributed by atoms with Crippen molar-refractivity contribution in [1.82, 2.24) is 14.8 Å². The molecule has 2 aromatic heterocycles. The summed E-state index contributed by atoms with van der Waals surface area (Å²) in [4.78, 5) is 12.5. The third-order valence-electron chi connectivity index (χ3n) is 2.14. The fraction of sp³-hybridized carbons (Fsp3) is 0.300. The van der Waals surface area contributed by atoms with Gasteiger partial charge in [-0.2, -0.15) is 4.37 Å². The molecule has 0 fully saturated rings. The lowest BCUT2D eigenvalue weighted by Gasteiger charge is -2.03. The van der Waals surface area contributed by atoms with E-state index in [9.17, 15) is 4.79 Å². The number of ether oxygens (including phenoxy) is 1. The first-order valence-corrected chi connectivity index (χ1v) is 6.83. The summed E-state index contributed by atoms with van der Waals surface area (Å²) in [5.74, 6) is 1.51. The normalized spacial score (nSPS) is 10.3. The highest BCUT2D eigenvalue weighted by molar-refractivity contribution is 9.10. The second kappa shape index (κ2) is 6.02. The number of anilines is 1. The van der Waals surface area contributed by atoms with Crippen molar-refractivity contribution in [3.05, 3.63) is 21.2 Å². The maximum atomic E-state index is 11.6. The summed E-state index contributed by atoms with van der Waals surface area (Å²) in [5, 5.41) is 8.90. The van der Waals surface area contributed by atoms with Gasteiger partial charge in [0.2, 0.25) is 5.88 Å². The zero-order valence-corrected chi connectivity index (χ0v) is 12.6. The largest absolute Gasteiger partial charge is 0.480 e. The Labute approximate surface area is 121 Å². The number of urea groups is 1. The summed E-state index contributed by atoms with van der Waals surface area (Å²) >= 11 is 4.61. The van der Waals surface area contributed by atoms with Crippen LogP contribution in [0.2, 0.25) is 0 Å². The van der Waals surface area contributed by atoms with Gasteiger partial charge < -0.3 is 14.6 Å². The molecular formula is C10H11BrN4O3S. The smallest absolute Gasteiger partial charge is 0.320 e. The number of aromatic nitrogens is 2. The molecule has 2 N–H and O–H groups in total. The number of carbonyl (C=O) groups is 1. The molecule has 0 unspecified atom stereocenters. The Balaban J connectivity index is 1.88. The molecule has 0 aliphatic heterocycles. The molecule has 0 saturated carbocycles. The number of halogens is 1. The van der Waals surface area contributed by atoms with Crippen LogP contribution in [-0.4, -0.2) is 22.7 Å². The van der Waals surface area contributed by atoms with Crippen molar-refractivity contribution in [3.8, 4) is 5.88 Å². The Morgan fingerprint density at radius 2 is 2.42 bits per heavy atom. The van der Waals surface area contributed by atoms with Gasteiger partial charge >= 0.3 is 6.03 Å². The third-order valence-corrected chi connectivity index (χ3v) is 4.05. The maximum absolute atomic E-state index is 11.6. The molecule has 7 nitrogen and oxygen atoms in total. The van der Waals surface area contributed by atoms with Gasteiger partial charge in [0.1, 0.15) is 5.76 Å². The Kier molecular flexibility index (Phi) is 4.38. The van der Waals surface area contributed by atoms with E-state index in [0.29, 0.717) is 24.0 Å². The van der Waals surface area contributed by atoms with Crippen molar-refractivity contribution in [1.29, 1.82) is 0 Å². The summed E-state index contributed by atoms with van der Waals surface area (Å²) in [6.07, 6.45) is 0. The first-order chi connectivity index (χ1) is 9.10. The molecule has 2 rings (SSSR count). The second-order valence-corrected chi connectivity index (χ2v) is 5.21. The van der Waals surface area contributed by atoms with Crippen molar-refractivity contribution in [2.75, 3.05) is 12.4 Å². The second-order valence-electron chi connectivity index (χ2n) is 3.56. The van der Waals surface area contributed by atoms with Gasteiger partial charge in [0, 0.05) is 6.07 Å². The van der Waals surface area contributed by atoms with Crippen LogP contribution in [0.4, 0.5) is 10.6 Å².